The molecule has 3 rings (SSSR count). The maximum Gasteiger partial charge on any atom is 0.118 e. The van der Waals surface area contributed by atoms with E-state index in [0.29, 0.717) is 0 Å². The summed E-state index contributed by atoms with van der Waals surface area (Å²) in [5.74, 6) is 0.885. The number of benzene rings is 2. The number of ether oxygens (including phenoxy) is 1. The van der Waals surface area contributed by atoms with Gasteiger partial charge in [-0.05, 0) is 42.3 Å². The zero-order valence-corrected chi connectivity index (χ0v) is 10.5. The van der Waals surface area contributed by atoms with Crippen LogP contribution in [0.1, 0.15) is 5.69 Å². The van der Waals surface area contributed by atoms with Crippen LogP contribution >= 0.6 is 0 Å². The average Bonchev–Trinajstić information content (AvgIpc) is 2.79. The number of aryl methyl sites for hydroxylation is 1. The maximum absolute atomic E-state index is 5.19. The number of H-pyrrole nitrogens is 1. The maximum atomic E-state index is 5.19. The van der Waals surface area contributed by atoms with E-state index in [1.165, 1.54) is 27.7 Å². The molecule has 90 valence electrons. The molecule has 0 aliphatic heterocycles. The van der Waals surface area contributed by atoms with E-state index in [9.17, 15) is 0 Å². The fourth-order valence-electron chi connectivity index (χ4n) is 2.32. The van der Waals surface area contributed by atoms with Crippen LogP contribution in [-0.4, -0.2) is 12.1 Å². The molecule has 1 N–H and O–H groups in total. The predicted molar refractivity (Wildman–Crippen MR) is 75.0 cm³/mol. The van der Waals surface area contributed by atoms with Crippen molar-refractivity contribution in [3.05, 3.63) is 54.2 Å². The molecule has 0 spiro atoms. The topological polar surface area (TPSA) is 25.0 Å². The zero-order chi connectivity index (χ0) is 12.5. The van der Waals surface area contributed by atoms with Crippen molar-refractivity contribution in [1.29, 1.82) is 0 Å². The Morgan fingerprint density at radius 1 is 1.00 bits per heavy atom. The second-order valence-electron chi connectivity index (χ2n) is 4.45. The first-order valence-corrected chi connectivity index (χ1v) is 6.01. The molecule has 0 radical (unpaired) electrons. The van der Waals surface area contributed by atoms with Gasteiger partial charge in [-0.15, -0.1) is 0 Å². The number of aromatic nitrogens is 1. The number of methoxy groups -OCH3 is 1. The first-order chi connectivity index (χ1) is 8.78. The van der Waals surface area contributed by atoms with E-state index in [2.05, 4.69) is 48.3 Å². The number of aromatic amines is 1. The van der Waals surface area contributed by atoms with Crippen LogP contribution in [-0.2, 0) is 0 Å². The van der Waals surface area contributed by atoms with Gasteiger partial charge in [0.05, 0.1) is 7.11 Å². The number of hydrogen-bond donors (Lipinski definition) is 1. The Hall–Kier alpha value is -2.22. The summed E-state index contributed by atoms with van der Waals surface area (Å²) in [6.07, 6.45) is 0. The molecule has 0 aliphatic rings. The molecule has 0 amide bonds. The summed E-state index contributed by atoms with van der Waals surface area (Å²) in [5, 5.41) is 1.26. The molecule has 2 heteroatoms. The van der Waals surface area contributed by atoms with Gasteiger partial charge in [0, 0.05) is 16.6 Å². The Bertz CT molecular complexity index is 680. The summed E-state index contributed by atoms with van der Waals surface area (Å²) in [6, 6.07) is 16.7. The van der Waals surface area contributed by atoms with Gasteiger partial charge in [0.1, 0.15) is 5.75 Å². The molecule has 0 saturated carbocycles. The zero-order valence-electron chi connectivity index (χ0n) is 10.5. The predicted octanol–water partition coefficient (Wildman–Crippen LogP) is 4.15. The lowest BCUT2D eigenvalue weighted by Crippen LogP contribution is -1.83. The van der Waals surface area contributed by atoms with Crippen LogP contribution in [0, 0.1) is 6.92 Å². The lowest BCUT2D eigenvalue weighted by atomic mass is 10.0. The molecule has 0 aliphatic carbocycles. The molecule has 3 aromatic rings. The fourth-order valence-corrected chi connectivity index (χ4v) is 2.32. The van der Waals surface area contributed by atoms with E-state index < -0.39 is 0 Å². The van der Waals surface area contributed by atoms with E-state index in [1.807, 2.05) is 12.1 Å². The first-order valence-electron chi connectivity index (χ1n) is 6.01. The summed E-state index contributed by atoms with van der Waals surface area (Å²) in [5.41, 5.74) is 4.83. The number of nitrogens with one attached hydrogen (secondary N) is 1. The minimum absolute atomic E-state index is 0.885. The molecular weight excluding hydrogens is 222 g/mol. The van der Waals surface area contributed by atoms with Crippen LogP contribution in [0.5, 0.6) is 5.75 Å². The Morgan fingerprint density at radius 3 is 2.50 bits per heavy atom. The van der Waals surface area contributed by atoms with Crippen molar-refractivity contribution in [2.24, 2.45) is 0 Å². The molecule has 2 aromatic carbocycles. The van der Waals surface area contributed by atoms with Crippen molar-refractivity contribution in [3.63, 3.8) is 0 Å². The minimum atomic E-state index is 0.885. The minimum Gasteiger partial charge on any atom is -0.497 e. The molecule has 1 aromatic heterocycles. The summed E-state index contributed by atoms with van der Waals surface area (Å²) in [6.45, 7) is 2.08. The lowest BCUT2D eigenvalue weighted by Gasteiger charge is -2.05. The smallest absolute Gasteiger partial charge is 0.118 e. The van der Waals surface area contributed by atoms with Crippen molar-refractivity contribution < 1.29 is 4.74 Å². The van der Waals surface area contributed by atoms with Gasteiger partial charge in [-0.3, -0.25) is 0 Å². The van der Waals surface area contributed by atoms with Crippen LogP contribution in [0.25, 0.3) is 22.0 Å². The second-order valence-corrected chi connectivity index (χ2v) is 4.45. The van der Waals surface area contributed by atoms with Gasteiger partial charge in [0.25, 0.3) is 0 Å². The summed E-state index contributed by atoms with van der Waals surface area (Å²) in [4.78, 5) is 3.37. The highest BCUT2D eigenvalue weighted by Crippen LogP contribution is 2.30. The standard InChI is InChI=1S/C16H15NO/c1-11-10-15-14(4-3-5-16(15)17-11)12-6-8-13(18-2)9-7-12/h3-10,17H,1-2H3. The Labute approximate surface area is 106 Å². The highest BCUT2D eigenvalue weighted by atomic mass is 16.5. The van der Waals surface area contributed by atoms with E-state index in [4.69, 9.17) is 4.74 Å². The Morgan fingerprint density at radius 2 is 1.78 bits per heavy atom. The molecule has 0 unspecified atom stereocenters. The fraction of sp³-hybridized carbons (Fsp3) is 0.125. The summed E-state index contributed by atoms with van der Waals surface area (Å²) < 4.78 is 5.19. The molecule has 2 nitrogen and oxygen atoms in total. The van der Waals surface area contributed by atoms with Crippen molar-refractivity contribution >= 4 is 10.9 Å². The average molecular weight is 237 g/mol. The number of hydrogen-bond acceptors (Lipinski definition) is 1. The number of fused-ring (bicyclic) bond motifs is 1. The Balaban J connectivity index is 2.17. The molecule has 0 fully saturated rings. The SMILES string of the molecule is COc1ccc(-c2cccc3[nH]c(C)cc23)cc1. The Kier molecular flexibility index (Phi) is 2.56. The van der Waals surface area contributed by atoms with Gasteiger partial charge in [-0.2, -0.15) is 0 Å². The van der Waals surface area contributed by atoms with Crippen molar-refractivity contribution in [3.8, 4) is 16.9 Å². The van der Waals surface area contributed by atoms with E-state index in [1.54, 1.807) is 7.11 Å². The van der Waals surface area contributed by atoms with Gasteiger partial charge in [0.2, 0.25) is 0 Å². The van der Waals surface area contributed by atoms with Crippen molar-refractivity contribution in [2.45, 2.75) is 6.92 Å². The quantitative estimate of drug-likeness (QED) is 0.711. The third-order valence-corrected chi connectivity index (χ3v) is 3.20. The van der Waals surface area contributed by atoms with Crippen LogP contribution in [0.15, 0.2) is 48.5 Å². The third kappa shape index (κ3) is 1.76. The highest BCUT2D eigenvalue weighted by Gasteiger charge is 2.05. The second kappa shape index (κ2) is 4.22. The molecule has 0 atom stereocenters. The molecule has 0 bridgehead atoms. The van der Waals surface area contributed by atoms with Crippen LogP contribution in [0.2, 0.25) is 0 Å². The molecular formula is C16H15NO. The van der Waals surface area contributed by atoms with Gasteiger partial charge in [-0.25, -0.2) is 0 Å². The highest BCUT2D eigenvalue weighted by molar-refractivity contribution is 5.95. The van der Waals surface area contributed by atoms with E-state index in [0.717, 1.165) is 5.75 Å². The van der Waals surface area contributed by atoms with Crippen LogP contribution in [0.3, 0.4) is 0 Å². The molecule has 18 heavy (non-hydrogen) atoms. The normalized spacial score (nSPS) is 10.8. The van der Waals surface area contributed by atoms with Gasteiger partial charge >= 0.3 is 0 Å². The lowest BCUT2D eigenvalue weighted by molar-refractivity contribution is 0.415. The van der Waals surface area contributed by atoms with Crippen LogP contribution < -0.4 is 4.74 Å². The van der Waals surface area contributed by atoms with E-state index in [-0.39, 0.29) is 0 Å². The van der Waals surface area contributed by atoms with Crippen molar-refractivity contribution in [2.75, 3.05) is 7.11 Å². The number of rotatable bonds is 2. The largest absolute Gasteiger partial charge is 0.497 e. The van der Waals surface area contributed by atoms with E-state index >= 15 is 0 Å². The van der Waals surface area contributed by atoms with Gasteiger partial charge in [-0.1, -0.05) is 24.3 Å². The monoisotopic (exact) mass is 237 g/mol. The van der Waals surface area contributed by atoms with Gasteiger partial charge in [0.15, 0.2) is 0 Å². The molecule has 0 saturated heterocycles. The van der Waals surface area contributed by atoms with Crippen molar-refractivity contribution in [1.82, 2.24) is 4.98 Å². The molecule has 1 heterocycles. The summed E-state index contributed by atoms with van der Waals surface area (Å²) in [7, 11) is 1.69. The summed E-state index contributed by atoms with van der Waals surface area (Å²) >= 11 is 0. The third-order valence-electron chi connectivity index (χ3n) is 3.20. The first kappa shape index (κ1) is 10.9. The van der Waals surface area contributed by atoms with Crippen LogP contribution in [0.4, 0.5) is 0 Å². The van der Waals surface area contributed by atoms with Gasteiger partial charge < -0.3 is 9.72 Å².